The second kappa shape index (κ2) is 10.7. The molecule has 13 heteroatoms. The van der Waals surface area contributed by atoms with Gasteiger partial charge in [-0.3, -0.25) is 9.48 Å². The van der Waals surface area contributed by atoms with Gasteiger partial charge in [0, 0.05) is 31.7 Å². The van der Waals surface area contributed by atoms with Gasteiger partial charge in [0.25, 0.3) is 5.91 Å². The van der Waals surface area contributed by atoms with Gasteiger partial charge in [0.1, 0.15) is 11.4 Å². The average molecular weight is 583 g/mol. The maximum absolute atomic E-state index is 13.2. The molecular formula is C25H27BrN8O4. The number of ether oxygens (including phenoxy) is 1. The number of fused-ring (bicyclic) bond motifs is 1. The zero-order valence-corrected chi connectivity index (χ0v) is 22.2. The molecule has 38 heavy (non-hydrogen) atoms. The van der Waals surface area contributed by atoms with Crippen LogP contribution in [0.25, 0.3) is 11.0 Å². The molecule has 0 spiro atoms. The number of nitrogens with two attached hydrogens (primary N) is 1. The predicted octanol–water partition coefficient (Wildman–Crippen LogP) is 3.65. The number of H-pyrrole nitrogens is 1. The van der Waals surface area contributed by atoms with Gasteiger partial charge < -0.3 is 25.0 Å². The Labute approximate surface area is 226 Å². The number of rotatable bonds is 7. The molecule has 1 fully saturated rings. The number of anilines is 2. The predicted molar refractivity (Wildman–Crippen MR) is 145 cm³/mol. The number of carbonyl (C=O) groups is 2. The van der Waals surface area contributed by atoms with E-state index in [1.165, 1.54) is 6.20 Å². The molecular weight excluding hydrogens is 556 g/mol. The second-order valence-electron chi connectivity index (χ2n) is 9.04. The molecule has 1 aliphatic rings. The number of piperidine rings is 1. The van der Waals surface area contributed by atoms with Crippen molar-refractivity contribution in [2.24, 2.45) is 5.84 Å². The molecule has 1 aliphatic heterocycles. The fourth-order valence-electron chi connectivity index (χ4n) is 4.68. The quantitative estimate of drug-likeness (QED) is 0.146. The van der Waals surface area contributed by atoms with Crippen molar-refractivity contribution in [1.82, 2.24) is 24.8 Å². The highest BCUT2D eigenvalue weighted by Crippen LogP contribution is 2.39. The molecule has 0 saturated carbocycles. The van der Waals surface area contributed by atoms with Gasteiger partial charge in [0.2, 0.25) is 0 Å². The van der Waals surface area contributed by atoms with Crippen LogP contribution in [0.2, 0.25) is 0 Å². The van der Waals surface area contributed by atoms with E-state index >= 15 is 0 Å². The zero-order chi connectivity index (χ0) is 26.8. The summed E-state index contributed by atoms with van der Waals surface area (Å²) in [5.41, 5.74) is 3.40. The maximum Gasteiger partial charge on any atom is 0.421 e. The van der Waals surface area contributed by atoms with Crippen LogP contribution in [0.1, 0.15) is 28.8 Å². The Kier molecular flexibility index (Phi) is 7.20. The van der Waals surface area contributed by atoms with Gasteiger partial charge >= 0.3 is 6.09 Å². The molecule has 1 aromatic carbocycles. The molecule has 0 radical (unpaired) electrons. The SMILES string of the molecule is COc1ccc(Cn2cc(C(=O)Nc3c[nH]c4ncc(Br)c(N5CCC[C@@H](N(N)C(=O)O)C5)c34)cn2)cc1. The van der Waals surface area contributed by atoms with Crippen molar-refractivity contribution >= 4 is 50.3 Å². The van der Waals surface area contributed by atoms with E-state index in [9.17, 15) is 14.7 Å². The summed E-state index contributed by atoms with van der Waals surface area (Å²) in [4.78, 5) is 34.2. The highest BCUT2D eigenvalue weighted by Gasteiger charge is 2.29. The third-order valence-electron chi connectivity index (χ3n) is 6.60. The van der Waals surface area contributed by atoms with Crippen molar-refractivity contribution in [1.29, 1.82) is 0 Å². The smallest absolute Gasteiger partial charge is 0.421 e. The fraction of sp³-hybridized carbons (Fsp3) is 0.280. The molecule has 1 atom stereocenters. The number of benzene rings is 1. The molecule has 198 valence electrons. The first kappa shape index (κ1) is 25.5. The summed E-state index contributed by atoms with van der Waals surface area (Å²) < 4.78 is 7.62. The lowest BCUT2D eigenvalue weighted by Gasteiger charge is -2.38. The molecule has 5 rings (SSSR count). The van der Waals surface area contributed by atoms with Crippen LogP contribution in [0.5, 0.6) is 5.75 Å². The Hall–Kier alpha value is -4.10. The lowest BCUT2D eigenvalue weighted by atomic mass is 10.0. The number of pyridine rings is 1. The summed E-state index contributed by atoms with van der Waals surface area (Å²) in [6, 6.07) is 7.30. The van der Waals surface area contributed by atoms with Crippen LogP contribution in [0.3, 0.4) is 0 Å². The van der Waals surface area contributed by atoms with Crippen molar-refractivity contribution in [2.75, 3.05) is 30.4 Å². The molecule has 5 N–H and O–H groups in total. The van der Waals surface area contributed by atoms with Gasteiger partial charge in [-0.2, -0.15) is 5.10 Å². The van der Waals surface area contributed by atoms with Crippen LogP contribution in [-0.4, -0.2) is 68.1 Å². The Bertz CT molecular complexity index is 1470. The van der Waals surface area contributed by atoms with E-state index in [0.717, 1.165) is 38.3 Å². The Morgan fingerprint density at radius 1 is 1.32 bits per heavy atom. The normalized spacial score (nSPS) is 15.4. The molecule has 4 aromatic rings. The van der Waals surface area contributed by atoms with E-state index in [-0.39, 0.29) is 11.9 Å². The molecule has 1 saturated heterocycles. The van der Waals surface area contributed by atoms with Gasteiger partial charge in [0.15, 0.2) is 0 Å². The Morgan fingerprint density at radius 3 is 2.84 bits per heavy atom. The average Bonchev–Trinajstić information content (AvgIpc) is 3.56. The summed E-state index contributed by atoms with van der Waals surface area (Å²) in [5.74, 6) is 6.25. The summed E-state index contributed by atoms with van der Waals surface area (Å²) in [6.45, 7) is 1.63. The molecule has 4 heterocycles. The summed E-state index contributed by atoms with van der Waals surface area (Å²) in [7, 11) is 1.62. The van der Waals surface area contributed by atoms with Gasteiger partial charge in [-0.15, -0.1) is 0 Å². The van der Waals surface area contributed by atoms with Crippen LogP contribution in [0.15, 0.2) is 53.5 Å². The topological polar surface area (TPSA) is 155 Å². The number of aromatic nitrogens is 4. The van der Waals surface area contributed by atoms with Crippen LogP contribution in [-0.2, 0) is 6.54 Å². The number of aromatic amines is 1. The first-order chi connectivity index (χ1) is 18.3. The van der Waals surface area contributed by atoms with Gasteiger partial charge in [-0.1, -0.05) is 12.1 Å². The minimum absolute atomic E-state index is 0.312. The number of halogens is 1. The van der Waals surface area contributed by atoms with Crippen molar-refractivity contribution in [3.05, 3.63) is 64.7 Å². The van der Waals surface area contributed by atoms with E-state index < -0.39 is 6.09 Å². The van der Waals surface area contributed by atoms with E-state index in [1.54, 1.807) is 30.4 Å². The molecule has 2 amide bonds. The van der Waals surface area contributed by atoms with Crippen molar-refractivity contribution in [3.63, 3.8) is 0 Å². The zero-order valence-electron chi connectivity index (χ0n) is 20.6. The van der Waals surface area contributed by atoms with Crippen LogP contribution in [0, 0.1) is 0 Å². The second-order valence-corrected chi connectivity index (χ2v) is 9.90. The van der Waals surface area contributed by atoms with E-state index in [1.807, 2.05) is 24.3 Å². The van der Waals surface area contributed by atoms with E-state index in [4.69, 9.17) is 10.6 Å². The number of carbonyl (C=O) groups excluding carboxylic acids is 1. The lowest BCUT2D eigenvalue weighted by molar-refractivity contribution is 0.102. The monoisotopic (exact) mass is 582 g/mol. The third kappa shape index (κ3) is 5.15. The number of hydrogen-bond acceptors (Lipinski definition) is 7. The number of hydrogen-bond donors (Lipinski definition) is 4. The number of amides is 2. The minimum atomic E-state index is -1.17. The fourth-order valence-corrected chi connectivity index (χ4v) is 5.24. The lowest BCUT2D eigenvalue weighted by Crippen LogP contribution is -2.53. The summed E-state index contributed by atoms with van der Waals surface area (Å²) in [5, 5.41) is 18.2. The van der Waals surface area contributed by atoms with E-state index in [2.05, 4.69) is 41.2 Å². The van der Waals surface area contributed by atoms with Gasteiger partial charge in [-0.25, -0.2) is 20.6 Å². The summed E-state index contributed by atoms with van der Waals surface area (Å²) in [6.07, 6.45) is 6.87. The minimum Gasteiger partial charge on any atom is -0.497 e. The van der Waals surface area contributed by atoms with Crippen LogP contribution in [0.4, 0.5) is 16.2 Å². The number of nitrogens with zero attached hydrogens (tertiary/aromatic N) is 5. The van der Waals surface area contributed by atoms with Crippen LogP contribution >= 0.6 is 15.9 Å². The maximum atomic E-state index is 13.2. The van der Waals surface area contributed by atoms with Crippen molar-refractivity contribution in [2.45, 2.75) is 25.4 Å². The first-order valence-corrected chi connectivity index (χ1v) is 12.8. The van der Waals surface area contributed by atoms with Crippen molar-refractivity contribution in [3.8, 4) is 5.75 Å². The Morgan fingerprint density at radius 2 is 2.11 bits per heavy atom. The largest absolute Gasteiger partial charge is 0.497 e. The van der Waals surface area contributed by atoms with E-state index in [0.29, 0.717) is 43.0 Å². The molecule has 0 unspecified atom stereocenters. The number of carboxylic acid groups (broad SMARTS) is 1. The van der Waals surface area contributed by atoms with Crippen LogP contribution < -0.4 is 20.8 Å². The van der Waals surface area contributed by atoms with Gasteiger partial charge in [-0.05, 0) is 46.5 Å². The van der Waals surface area contributed by atoms with Crippen molar-refractivity contribution < 1.29 is 19.4 Å². The summed E-state index contributed by atoms with van der Waals surface area (Å²) >= 11 is 3.60. The number of methoxy groups -OCH3 is 1. The highest BCUT2D eigenvalue weighted by atomic mass is 79.9. The molecule has 0 aliphatic carbocycles. The Balaban J connectivity index is 1.37. The number of nitrogens with one attached hydrogen (secondary N) is 2. The third-order valence-corrected chi connectivity index (χ3v) is 7.18. The number of hydrazine groups is 1. The highest BCUT2D eigenvalue weighted by molar-refractivity contribution is 9.10. The van der Waals surface area contributed by atoms with Gasteiger partial charge in [0.05, 0.1) is 52.7 Å². The molecule has 0 bridgehead atoms. The standard InChI is InChI=1S/C25H27BrN8O4/c1-38-18-6-4-15(5-7-18)12-33-13-16(9-30-33)24(35)31-20-11-29-23-21(20)22(19(26)10-28-23)32-8-2-3-17(14-32)34(27)25(36)37/h4-7,9-11,13,17H,2-3,8,12,14,27H2,1H3,(H,28,29)(H,31,35)(H,36,37)/t17-/m1/s1. The molecule has 3 aromatic heterocycles. The molecule has 12 nitrogen and oxygen atoms in total. The first-order valence-electron chi connectivity index (χ1n) is 12.0.